The fourth-order valence-electron chi connectivity index (χ4n) is 2.74. The second kappa shape index (κ2) is 5.89. The Labute approximate surface area is 135 Å². The highest BCUT2D eigenvalue weighted by Gasteiger charge is 2.29. The van der Waals surface area contributed by atoms with Crippen LogP contribution in [0.5, 0.6) is 0 Å². The van der Waals surface area contributed by atoms with Crippen molar-refractivity contribution in [2.45, 2.75) is 18.7 Å². The number of rotatable bonds is 3. The monoisotopic (exact) mass is 371 g/mol. The van der Waals surface area contributed by atoms with Crippen molar-refractivity contribution in [1.29, 1.82) is 0 Å². The number of ether oxygens (including phenoxy) is 1. The fourth-order valence-corrected chi connectivity index (χ4v) is 3.42. The number of benzene rings is 1. The third-order valence-corrected chi connectivity index (χ3v) is 4.53. The molecule has 0 fully saturated rings. The van der Waals surface area contributed by atoms with E-state index in [-0.39, 0.29) is 11.9 Å². The smallest absolute Gasteiger partial charge is 0.311 e. The van der Waals surface area contributed by atoms with Crippen LogP contribution in [0.3, 0.4) is 0 Å². The highest BCUT2D eigenvalue weighted by Crippen LogP contribution is 2.40. The third-order valence-electron chi connectivity index (χ3n) is 3.70. The Hall–Kier alpha value is -1.20. The van der Waals surface area contributed by atoms with Crippen molar-refractivity contribution in [2.24, 2.45) is 5.92 Å². The van der Waals surface area contributed by atoms with Crippen molar-refractivity contribution in [3.8, 4) is 0 Å². The summed E-state index contributed by atoms with van der Waals surface area (Å²) in [6, 6.07) is 3.67. The Balaban J connectivity index is 2.10. The minimum absolute atomic E-state index is 0.191. The van der Waals surface area contributed by atoms with Gasteiger partial charge in [0.1, 0.15) is 11.3 Å². The molecular formula is C15H15BrClNO3. The number of hydrogen-bond donors (Lipinski definition) is 1. The van der Waals surface area contributed by atoms with E-state index < -0.39 is 0 Å². The lowest BCUT2D eigenvalue weighted by Gasteiger charge is -2.14. The van der Waals surface area contributed by atoms with Crippen LogP contribution in [0.25, 0.3) is 11.0 Å². The Morgan fingerprint density at radius 2 is 2.38 bits per heavy atom. The summed E-state index contributed by atoms with van der Waals surface area (Å²) in [6.07, 6.45) is 0.590. The molecule has 4 nitrogen and oxygen atoms in total. The van der Waals surface area contributed by atoms with Crippen LogP contribution in [0.15, 0.2) is 16.5 Å². The van der Waals surface area contributed by atoms with Crippen molar-refractivity contribution >= 4 is 50.2 Å². The maximum Gasteiger partial charge on any atom is 0.311 e. The molecule has 1 unspecified atom stereocenters. The lowest BCUT2D eigenvalue weighted by atomic mass is 9.98. The molecule has 3 rings (SSSR count). The standard InChI is InChI=1S/C15H15BrClNO3/c1-2-20-15(19)8-5-9-12(6-16)21-11-4-3-10(17)14(13(9)11)18-7-8/h3-4,8,18H,2,5-7H2,1H3. The van der Waals surface area contributed by atoms with Crippen LogP contribution in [-0.4, -0.2) is 19.1 Å². The van der Waals surface area contributed by atoms with E-state index in [0.29, 0.717) is 29.9 Å². The van der Waals surface area contributed by atoms with Crippen LogP contribution in [0.1, 0.15) is 18.2 Å². The number of halogens is 2. The van der Waals surface area contributed by atoms with Crippen molar-refractivity contribution in [3.05, 3.63) is 28.5 Å². The molecule has 0 aliphatic carbocycles. The minimum atomic E-state index is -0.244. The van der Waals surface area contributed by atoms with Crippen LogP contribution < -0.4 is 5.32 Å². The summed E-state index contributed by atoms with van der Waals surface area (Å²) < 4.78 is 11.0. The zero-order chi connectivity index (χ0) is 15.0. The molecule has 0 amide bonds. The summed E-state index contributed by atoms with van der Waals surface area (Å²) >= 11 is 9.73. The van der Waals surface area contributed by atoms with Gasteiger partial charge in [-0.1, -0.05) is 27.5 Å². The molecule has 2 aromatic rings. The number of esters is 1. The van der Waals surface area contributed by atoms with Gasteiger partial charge in [-0.2, -0.15) is 0 Å². The normalized spacial score (nSPS) is 17.4. The van der Waals surface area contributed by atoms with Gasteiger partial charge in [0.2, 0.25) is 0 Å². The summed E-state index contributed by atoms with van der Waals surface area (Å²) in [7, 11) is 0. The quantitative estimate of drug-likeness (QED) is 0.650. The van der Waals surface area contributed by atoms with E-state index in [2.05, 4.69) is 21.2 Å². The summed E-state index contributed by atoms with van der Waals surface area (Å²) in [5.41, 5.74) is 2.66. The summed E-state index contributed by atoms with van der Waals surface area (Å²) in [5.74, 6) is 0.405. The zero-order valence-electron chi connectivity index (χ0n) is 11.5. The van der Waals surface area contributed by atoms with Crippen LogP contribution in [0, 0.1) is 5.92 Å². The molecule has 0 bridgehead atoms. The molecule has 1 atom stereocenters. The van der Waals surface area contributed by atoms with Gasteiger partial charge in [0.05, 0.1) is 28.6 Å². The topological polar surface area (TPSA) is 51.5 Å². The van der Waals surface area contributed by atoms with Gasteiger partial charge in [0.25, 0.3) is 0 Å². The molecule has 6 heteroatoms. The first-order valence-electron chi connectivity index (χ1n) is 6.85. The molecule has 21 heavy (non-hydrogen) atoms. The van der Waals surface area contributed by atoms with Crippen LogP contribution in [-0.2, 0) is 21.3 Å². The van der Waals surface area contributed by atoms with Gasteiger partial charge in [0.15, 0.2) is 0 Å². The number of furan rings is 1. The SMILES string of the molecule is CCOC(=O)C1CNc2c(Cl)ccc3oc(CBr)c(c23)C1. The first-order chi connectivity index (χ1) is 10.2. The van der Waals surface area contributed by atoms with E-state index in [4.69, 9.17) is 20.8 Å². The average Bonchev–Trinajstić information content (AvgIpc) is 2.69. The van der Waals surface area contributed by atoms with E-state index >= 15 is 0 Å². The molecule has 0 spiro atoms. The first-order valence-corrected chi connectivity index (χ1v) is 8.34. The second-order valence-corrected chi connectivity index (χ2v) is 5.93. The first kappa shape index (κ1) is 14.7. The number of anilines is 1. The average molecular weight is 373 g/mol. The Bertz CT molecular complexity index is 698. The molecule has 1 aromatic heterocycles. The molecule has 1 aliphatic heterocycles. The maximum atomic E-state index is 12.1. The van der Waals surface area contributed by atoms with Crippen LogP contribution in [0.2, 0.25) is 5.02 Å². The van der Waals surface area contributed by atoms with Gasteiger partial charge in [-0.15, -0.1) is 0 Å². The Kier molecular flexibility index (Phi) is 4.13. The van der Waals surface area contributed by atoms with Gasteiger partial charge in [-0.25, -0.2) is 0 Å². The lowest BCUT2D eigenvalue weighted by molar-refractivity contribution is -0.147. The van der Waals surface area contributed by atoms with Gasteiger partial charge in [-0.3, -0.25) is 4.79 Å². The van der Waals surface area contributed by atoms with Gasteiger partial charge in [0, 0.05) is 17.5 Å². The van der Waals surface area contributed by atoms with Gasteiger partial charge >= 0.3 is 5.97 Å². The van der Waals surface area contributed by atoms with E-state index in [9.17, 15) is 4.79 Å². The van der Waals surface area contributed by atoms with Crippen molar-refractivity contribution in [2.75, 3.05) is 18.5 Å². The van der Waals surface area contributed by atoms with Crippen LogP contribution in [0.4, 0.5) is 5.69 Å². The highest BCUT2D eigenvalue weighted by atomic mass is 79.9. The van der Waals surface area contributed by atoms with E-state index in [1.807, 2.05) is 19.1 Å². The largest absolute Gasteiger partial charge is 0.466 e. The summed E-state index contributed by atoms with van der Waals surface area (Å²) in [5, 5.41) is 5.49. The van der Waals surface area contributed by atoms with E-state index in [1.165, 1.54) is 0 Å². The number of nitrogens with one attached hydrogen (secondary N) is 1. The molecule has 1 N–H and O–H groups in total. The van der Waals surface area contributed by atoms with Crippen molar-refractivity contribution in [1.82, 2.24) is 0 Å². The predicted octanol–water partition coefficient (Wildman–Crippen LogP) is 4.13. The lowest BCUT2D eigenvalue weighted by Crippen LogP contribution is -2.26. The van der Waals surface area contributed by atoms with Gasteiger partial charge < -0.3 is 14.5 Å². The molecular weight excluding hydrogens is 358 g/mol. The Morgan fingerprint density at radius 3 is 3.10 bits per heavy atom. The Morgan fingerprint density at radius 1 is 1.57 bits per heavy atom. The zero-order valence-corrected chi connectivity index (χ0v) is 13.9. The molecule has 112 valence electrons. The van der Waals surface area contributed by atoms with E-state index in [0.717, 1.165) is 28.0 Å². The minimum Gasteiger partial charge on any atom is -0.466 e. The summed E-state index contributed by atoms with van der Waals surface area (Å²) in [6.45, 7) is 2.71. The van der Waals surface area contributed by atoms with Crippen molar-refractivity contribution in [3.63, 3.8) is 0 Å². The highest BCUT2D eigenvalue weighted by molar-refractivity contribution is 9.08. The van der Waals surface area contributed by atoms with E-state index in [1.54, 1.807) is 0 Å². The van der Waals surface area contributed by atoms with Crippen LogP contribution >= 0.6 is 27.5 Å². The second-order valence-electron chi connectivity index (χ2n) is 4.97. The summed E-state index contributed by atoms with van der Waals surface area (Å²) in [4.78, 5) is 12.1. The maximum absolute atomic E-state index is 12.1. The van der Waals surface area contributed by atoms with Crippen molar-refractivity contribution < 1.29 is 13.9 Å². The van der Waals surface area contributed by atoms with Gasteiger partial charge in [-0.05, 0) is 25.5 Å². The number of carbonyl (C=O) groups is 1. The third kappa shape index (κ3) is 2.53. The number of alkyl halides is 1. The molecule has 0 saturated carbocycles. The molecule has 2 heterocycles. The fraction of sp³-hybridized carbons (Fsp3) is 0.400. The number of carbonyl (C=O) groups excluding carboxylic acids is 1. The molecule has 0 saturated heterocycles. The molecule has 0 radical (unpaired) electrons. The predicted molar refractivity (Wildman–Crippen MR) is 86.2 cm³/mol. The number of hydrogen-bond acceptors (Lipinski definition) is 4. The molecule has 1 aliphatic rings. The molecule has 1 aromatic carbocycles.